The second-order valence-corrected chi connectivity index (χ2v) is 5.54. The van der Waals surface area contributed by atoms with Gasteiger partial charge < -0.3 is 9.47 Å². The van der Waals surface area contributed by atoms with E-state index in [2.05, 4.69) is 0 Å². The zero-order valence-electron chi connectivity index (χ0n) is 10.4. The number of hydrogen-bond acceptors (Lipinski definition) is 2. The maximum absolute atomic E-state index is 6.15. The Morgan fingerprint density at radius 2 is 2.00 bits per heavy atom. The van der Waals surface area contributed by atoms with Gasteiger partial charge in [0.1, 0.15) is 22.6 Å². The minimum atomic E-state index is 0.170. The molecule has 0 aliphatic carbocycles. The molecule has 1 rings (SSSR count). The van der Waals surface area contributed by atoms with Crippen LogP contribution in [0.15, 0.2) is 22.7 Å². The van der Waals surface area contributed by atoms with Crippen molar-refractivity contribution in [3.8, 4) is 11.5 Å². The Kier molecular flexibility index (Phi) is 7.77. The highest BCUT2D eigenvalue weighted by molar-refractivity contribution is 6.55. The van der Waals surface area contributed by atoms with Gasteiger partial charge in [-0.05, 0) is 31.1 Å². The van der Waals surface area contributed by atoms with Crippen molar-refractivity contribution in [1.29, 1.82) is 0 Å². The molecule has 0 unspecified atom stereocenters. The largest absolute Gasteiger partial charge is 0.492 e. The highest BCUT2D eigenvalue weighted by Gasteiger charge is 2.08. The van der Waals surface area contributed by atoms with Crippen LogP contribution in [0, 0.1) is 6.92 Å². The summed E-state index contributed by atoms with van der Waals surface area (Å²) in [4.78, 5) is 0. The summed E-state index contributed by atoms with van der Waals surface area (Å²) in [5, 5.41) is 0.505. The maximum Gasteiger partial charge on any atom is 0.141 e. The Bertz CT molecular complexity index is 419. The number of rotatable bonds is 7. The molecule has 0 aromatic heterocycles. The van der Waals surface area contributed by atoms with Crippen LogP contribution in [0.4, 0.5) is 0 Å². The van der Waals surface area contributed by atoms with Crippen LogP contribution >= 0.6 is 46.4 Å². The molecule has 19 heavy (non-hydrogen) atoms. The number of ether oxygens (including phenoxy) is 2. The van der Waals surface area contributed by atoms with Crippen LogP contribution in [-0.4, -0.2) is 19.1 Å². The van der Waals surface area contributed by atoms with E-state index in [0.717, 1.165) is 12.0 Å². The lowest BCUT2D eigenvalue weighted by atomic mass is 10.2. The van der Waals surface area contributed by atoms with Crippen LogP contribution in [0.3, 0.4) is 0 Å². The van der Waals surface area contributed by atoms with E-state index in [1.165, 1.54) is 0 Å². The van der Waals surface area contributed by atoms with E-state index in [1.807, 2.05) is 13.0 Å². The van der Waals surface area contributed by atoms with E-state index < -0.39 is 0 Å². The first-order valence-corrected chi connectivity index (χ1v) is 7.34. The molecular weight excluding hydrogens is 330 g/mol. The number of benzene rings is 1. The second kappa shape index (κ2) is 8.80. The molecule has 6 heteroatoms. The number of hydrogen-bond donors (Lipinski definition) is 0. The monoisotopic (exact) mass is 342 g/mol. The van der Waals surface area contributed by atoms with E-state index >= 15 is 0 Å². The van der Waals surface area contributed by atoms with E-state index in [1.54, 1.807) is 12.1 Å². The quantitative estimate of drug-likeness (QED) is 0.490. The smallest absolute Gasteiger partial charge is 0.141 e. The highest BCUT2D eigenvalue weighted by Crippen LogP contribution is 2.33. The summed E-state index contributed by atoms with van der Waals surface area (Å²) in [6.45, 7) is 2.72. The first-order valence-electron chi connectivity index (χ1n) is 5.67. The molecule has 0 atom stereocenters. The normalized spacial score (nSPS) is 10.2. The summed E-state index contributed by atoms with van der Waals surface area (Å²) in [5.74, 6) is 1.85. The van der Waals surface area contributed by atoms with Crippen molar-refractivity contribution in [2.75, 3.05) is 19.1 Å². The van der Waals surface area contributed by atoms with Crippen molar-refractivity contribution in [1.82, 2.24) is 0 Å². The average Bonchev–Trinajstić information content (AvgIpc) is 2.32. The molecule has 0 spiro atoms. The van der Waals surface area contributed by atoms with Gasteiger partial charge in [0.05, 0.1) is 11.6 Å². The third kappa shape index (κ3) is 6.13. The molecule has 0 aliphatic rings. The Hall–Kier alpha value is -0.280. The van der Waals surface area contributed by atoms with Gasteiger partial charge in [-0.15, -0.1) is 11.6 Å². The highest BCUT2D eigenvalue weighted by atomic mass is 35.5. The molecule has 0 amide bonds. The van der Waals surface area contributed by atoms with Crippen molar-refractivity contribution in [2.45, 2.75) is 13.3 Å². The number of halogens is 4. The lowest BCUT2D eigenvalue weighted by Gasteiger charge is -2.12. The Morgan fingerprint density at radius 1 is 1.26 bits per heavy atom. The predicted octanol–water partition coefficient (Wildman–Crippen LogP) is 5.35. The topological polar surface area (TPSA) is 18.5 Å². The standard InChI is InChI=1S/C13H14Cl4O2/c1-9-7-10(18-6-3-12(16)17)8-11(15)13(9)19-5-2-4-14/h3,7-8H,2,4-6H2,1H3. The first kappa shape index (κ1) is 16.8. The van der Waals surface area contributed by atoms with Gasteiger partial charge in [-0.2, -0.15) is 0 Å². The fourth-order valence-corrected chi connectivity index (χ4v) is 1.94. The van der Waals surface area contributed by atoms with Crippen LogP contribution in [0.1, 0.15) is 12.0 Å². The van der Waals surface area contributed by atoms with E-state index in [4.69, 9.17) is 55.9 Å². The van der Waals surface area contributed by atoms with Gasteiger partial charge in [0.25, 0.3) is 0 Å². The Labute approximate surface area is 133 Å². The molecule has 0 radical (unpaired) electrons. The van der Waals surface area contributed by atoms with Gasteiger partial charge in [0.2, 0.25) is 0 Å². The molecule has 0 heterocycles. The molecule has 1 aromatic carbocycles. The summed E-state index contributed by atoms with van der Waals surface area (Å²) in [6.07, 6.45) is 2.33. The summed E-state index contributed by atoms with van der Waals surface area (Å²) in [7, 11) is 0. The molecule has 0 saturated heterocycles. The van der Waals surface area contributed by atoms with Crippen LogP contribution in [0.2, 0.25) is 5.02 Å². The zero-order valence-corrected chi connectivity index (χ0v) is 13.4. The minimum absolute atomic E-state index is 0.170. The van der Waals surface area contributed by atoms with Crippen LogP contribution in [0.25, 0.3) is 0 Å². The van der Waals surface area contributed by atoms with Gasteiger partial charge in [-0.1, -0.05) is 34.8 Å². The van der Waals surface area contributed by atoms with Crippen molar-refractivity contribution in [2.24, 2.45) is 0 Å². The van der Waals surface area contributed by atoms with Crippen molar-refractivity contribution >= 4 is 46.4 Å². The number of alkyl halides is 1. The molecule has 0 aliphatic heterocycles. The summed E-state index contributed by atoms with van der Waals surface area (Å²) in [5.41, 5.74) is 0.901. The third-order valence-corrected chi connectivity index (χ3v) is 3.07. The van der Waals surface area contributed by atoms with E-state index in [0.29, 0.717) is 29.0 Å². The van der Waals surface area contributed by atoms with Gasteiger partial charge in [-0.3, -0.25) is 0 Å². The predicted molar refractivity (Wildman–Crippen MR) is 82.3 cm³/mol. The van der Waals surface area contributed by atoms with Crippen LogP contribution in [0.5, 0.6) is 11.5 Å². The van der Waals surface area contributed by atoms with Gasteiger partial charge in [0, 0.05) is 11.9 Å². The second-order valence-electron chi connectivity index (χ2n) is 3.75. The van der Waals surface area contributed by atoms with Crippen molar-refractivity contribution in [3.05, 3.63) is 33.3 Å². The SMILES string of the molecule is Cc1cc(OCC=C(Cl)Cl)cc(Cl)c1OCCCCl. The maximum atomic E-state index is 6.15. The van der Waals surface area contributed by atoms with Crippen molar-refractivity contribution < 1.29 is 9.47 Å². The molecule has 0 bridgehead atoms. The van der Waals surface area contributed by atoms with Gasteiger partial charge >= 0.3 is 0 Å². The molecule has 2 nitrogen and oxygen atoms in total. The molecule has 0 N–H and O–H groups in total. The van der Waals surface area contributed by atoms with Gasteiger partial charge in [-0.25, -0.2) is 0 Å². The van der Waals surface area contributed by atoms with E-state index in [9.17, 15) is 0 Å². The lowest BCUT2D eigenvalue weighted by Crippen LogP contribution is -2.01. The molecule has 0 saturated carbocycles. The minimum Gasteiger partial charge on any atom is -0.492 e. The lowest BCUT2D eigenvalue weighted by molar-refractivity contribution is 0.314. The number of aryl methyl sites for hydroxylation is 1. The van der Waals surface area contributed by atoms with Crippen molar-refractivity contribution in [3.63, 3.8) is 0 Å². The average molecular weight is 344 g/mol. The van der Waals surface area contributed by atoms with Crippen LogP contribution < -0.4 is 9.47 Å². The zero-order chi connectivity index (χ0) is 14.3. The first-order chi connectivity index (χ1) is 9.04. The summed E-state index contributed by atoms with van der Waals surface area (Å²) in [6, 6.07) is 3.54. The van der Waals surface area contributed by atoms with E-state index in [-0.39, 0.29) is 11.1 Å². The molecular formula is C13H14Cl4O2. The Morgan fingerprint density at radius 3 is 2.58 bits per heavy atom. The summed E-state index contributed by atoms with van der Waals surface area (Å²) >= 11 is 22.7. The van der Waals surface area contributed by atoms with Gasteiger partial charge in [0.15, 0.2) is 0 Å². The third-order valence-electron chi connectivity index (χ3n) is 2.21. The molecule has 106 valence electrons. The molecule has 0 fully saturated rings. The van der Waals surface area contributed by atoms with Crippen LogP contribution in [-0.2, 0) is 0 Å². The summed E-state index contributed by atoms with van der Waals surface area (Å²) < 4.78 is 11.2. The molecule has 1 aromatic rings. The fourth-order valence-electron chi connectivity index (χ4n) is 1.40. The fraction of sp³-hybridized carbons (Fsp3) is 0.385. The Balaban J connectivity index is 2.70.